The smallest absolute Gasteiger partial charge is 0.257 e. The van der Waals surface area contributed by atoms with Gasteiger partial charge in [-0.2, -0.15) is 0 Å². The highest BCUT2D eigenvalue weighted by Gasteiger charge is 2.11. The van der Waals surface area contributed by atoms with Crippen molar-refractivity contribution in [2.24, 2.45) is 0 Å². The van der Waals surface area contributed by atoms with Gasteiger partial charge in [-0.1, -0.05) is 29.8 Å². The zero-order chi connectivity index (χ0) is 16.9. The summed E-state index contributed by atoms with van der Waals surface area (Å²) < 4.78 is 6.63. The second-order valence-electron chi connectivity index (χ2n) is 5.26. The second kappa shape index (κ2) is 7.27. The summed E-state index contributed by atoms with van der Waals surface area (Å²) in [6.45, 7) is 2.02. The number of ether oxygens (including phenoxy) is 1. The molecule has 0 fully saturated rings. The lowest BCUT2D eigenvalue weighted by Crippen LogP contribution is -2.12. The summed E-state index contributed by atoms with van der Waals surface area (Å²) in [5.74, 6) is 1.05. The lowest BCUT2D eigenvalue weighted by Gasteiger charge is -2.12. The predicted octanol–water partition coefficient (Wildman–Crippen LogP) is 5.20. The van der Waals surface area contributed by atoms with Crippen molar-refractivity contribution >= 4 is 27.5 Å². The molecule has 1 amide bonds. The Morgan fingerprint density at radius 1 is 1.08 bits per heavy atom. The molecule has 0 unspecified atom stereocenters. The van der Waals surface area contributed by atoms with Crippen LogP contribution >= 0.6 is 15.9 Å². The molecule has 0 saturated carbocycles. The Kier molecular flexibility index (Phi) is 4.91. The van der Waals surface area contributed by atoms with E-state index in [1.54, 1.807) is 18.3 Å². The molecule has 1 aromatic heterocycles. The first kappa shape index (κ1) is 16.2. The average Bonchev–Trinajstić information content (AvgIpc) is 2.58. The maximum Gasteiger partial charge on any atom is 0.257 e. The minimum atomic E-state index is -0.247. The number of nitrogens with zero attached hydrogens (tertiary/aromatic N) is 1. The molecule has 24 heavy (non-hydrogen) atoms. The first-order chi connectivity index (χ1) is 11.6. The topological polar surface area (TPSA) is 51.2 Å². The van der Waals surface area contributed by atoms with Gasteiger partial charge in [0.15, 0.2) is 5.75 Å². The van der Waals surface area contributed by atoms with E-state index >= 15 is 0 Å². The summed E-state index contributed by atoms with van der Waals surface area (Å²) in [7, 11) is 0. The van der Waals surface area contributed by atoms with Gasteiger partial charge in [-0.3, -0.25) is 9.78 Å². The minimum Gasteiger partial charge on any atom is -0.455 e. The lowest BCUT2D eigenvalue weighted by molar-refractivity contribution is 0.102. The Labute approximate surface area is 148 Å². The van der Waals surface area contributed by atoms with Crippen molar-refractivity contribution in [2.75, 3.05) is 5.32 Å². The van der Waals surface area contributed by atoms with Crippen LogP contribution in [-0.4, -0.2) is 10.9 Å². The van der Waals surface area contributed by atoms with E-state index in [9.17, 15) is 4.79 Å². The van der Waals surface area contributed by atoms with Crippen molar-refractivity contribution in [2.45, 2.75) is 6.92 Å². The average molecular weight is 383 g/mol. The molecule has 3 aromatic rings. The molecule has 0 saturated heterocycles. The highest BCUT2D eigenvalue weighted by molar-refractivity contribution is 9.10. The Hall–Kier alpha value is -2.66. The molecule has 0 atom stereocenters. The molecule has 1 heterocycles. The quantitative estimate of drug-likeness (QED) is 0.674. The Morgan fingerprint density at radius 3 is 2.58 bits per heavy atom. The van der Waals surface area contributed by atoms with Gasteiger partial charge in [0, 0.05) is 16.9 Å². The summed E-state index contributed by atoms with van der Waals surface area (Å²) in [5.41, 5.74) is 2.23. The summed E-state index contributed by atoms with van der Waals surface area (Å²) >= 11 is 3.31. The number of hydrogen-bond donors (Lipinski definition) is 1. The molecule has 4 nitrogen and oxygen atoms in total. The van der Waals surface area contributed by atoms with E-state index in [1.807, 2.05) is 49.4 Å². The number of anilines is 1. The van der Waals surface area contributed by atoms with Gasteiger partial charge in [-0.25, -0.2) is 0 Å². The number of carbonyl (C=O) groups is 1. The molecule has 0 aliphatic carbocycles. The van der Waals surface area contributed by atoms with Crippen LogP contribution in [0.4, 0.5) is 5.69 Å². The van der Waals surface area contributed by atoms with Gasteiger partial charge in [-0.05, 0) is 53.2 Å². The molecule has 0 aliphatic heterocycles. The van der Waals surface area contributed by atoms with E-state index in [1.165, 1.54) is 6.20 Å². The van der Waals surface area contributed by atoms with E-state index in [-0.39, 0.29) is 5.91 Å². The minimum absolute atomic E-state index is 0.247. The van der Waals surface area contributed by atoms with Crippen LogP contribution in [0, 0.1) is 6.92 Å². The highest BCUT2D eigenvalue weighted by Crippen LogP contribution is 2.29. The van der Waals surface area contributed by atoms with Gasteiger partial charge in [0.25, 0.3) is 5.91 Å². The fourth-order valence-electron chi connectivity index (χ4n) is 2.12. The Morgan fingerprint density at radius 2 is 1.83 bits per heavy atom. The largest absolute Gasteiger partial charge is 0.455 e. The number of carbonyl (C=O) groups excluding carboxylic acids is 1. The summed E-state index contributed by atoms with van der Waals surface area (Å²) in [5, 5.41) is 2.86. The van der Waals surface area contributed by atoms with E-state index < -0.39 is 0 Å². The van der Waals surface area contributed by atoms with Gasteiger partial charge in [-0.15, -0.1) is 0 Å². The van der Waals surface area contributed by atoms with E-state index in [2.05, 4.69) is 26.2 Å². The molecular formula is C19H15BrN2O2. The van der Waals surface area contributed by atoms with Crippen molar-refractivity contribution in [3.63, 3.8) is 0 Å². The van der Waals surface area contributed by atoms with E-state index in [0.717, 1.165) is 10.0 Å². The van der Waals surface area contributed by atoms with Crippen LogP contribution in [0.2, 0.25) is 0 Å². The van der Waals surface area contributed by atoms with Crippen molar-refractivity contribution in [3.05, 3.63) is 82.6 Å². The van der Waals surface area contributed by atoms with Gasteiger partial charge in [0.2, 0.25) is 0 Å². The first-order valence-electron chi connectivity index (χ1n) is 7.37. The molecule has 0 bridgehead atoms. The van der Waals surface area contributed by atoms with Gasteiger partial charge in [0.05, 0.1) is 11.3 Å². The molecule has 3 rings (SSSR count). The van der Waals surface area contributed by atoms with Crippen molar-refractivity contribution in [1.29, 1.82) is 0 Å². The molecule has 0 aliphatic rings. The number of nitrogens with one attached hydrogen (secondary N) is 1. The summed E-state index contributed by atoms with van der Waals surface area (Å²) in [6, 6.07) is 16.8. The van der Waals surface area contributed by atoms with Crippen LogP contribution in [0.1, 0.15) is 15.9 Å². The van der Waals surface area contributed by atoms with Crippen LogP contribution in [-0.2, 0) is 0 Å². The number of benzene rings is 2. The SMILES string of the molecule is Cc1ccc(Oc2ccccc2NC(=O)c2cncc(Br)c2)cc1. The molecular weight excluding hydrogens is 368 g/mol. The Bertz CT molecular complexity index is 863. The third-order valence-electron chi connectivity index (χ3n) is 3.35. The monoisotopic (exact) mass is 382 g/mol. The number of aryl methyl sites for hydroxylation is 1. The van der Waals surface area contributed by atoms with Crippen molar-refractivity contribution in [3.8, 4) is 11.5 Å². The fraction of sp³-hybridized carbons (Fsp3) is 0.0526. The number of aromatic nitrogens is 1. The first-order valence-corrected chi connectivity index (χ1v) is 8.16. The number of rotatable bonds is 4. The van der Waals surface area contributed by atoms with Gasteiger partial charge < -0.3 is 10.1 Å². The zero-order valence-corrected chi connectivity index (χ0v) is 14.6. The number of halogens is 1. The van der Waals surface area contributed by atoms with Crippen molar-refractivity contribution < 1.29 is 9.53 Å². The maximum atomic E-state index is 12.4. The molecule has 0 radical (unpaired) electrons. The van der Waals surface area contributed by atoms with Crippen LogP contribution in [0.25, 0.3) is 0 Å². The van der Waals surface area contributed by atoms with E-state index in [4.69, 9.17) is 4.74 Å². The second-order valence-corrected chi connectivity index (χ2v) is 6.17. The summed E-state index contributed by atoms with van der Waals surface area (Å²) in [6.07, 6.45) is 3.15. The predicted molar refractivity (Wildman–Crippen MR) is 97.6 cm³/mol. The number of hydrogen-bond acceptors (Lipinski definition) is 3. The van der Waals surface area contributed by atoms with Gasteiger partial charge in [0.1, 0.15) is 5.75 Å². The lowest BCUT2D eigenvalue weighted by atomic mass is 10.2. The van der Waals surface area contributed by atoms with Crippen LogP contribution in [0.5, 0.6) is 11.5 Å². The molecule has 0 spiro atoms. The number of para-hydroxylation sites is 2. The standard InChI is InChI=1S/C19H15BrN2O2/c1-13-6-8-16(9-7-13)24-18-5-3-2-4-17(18)22-19(23)14-10-15(20)12-21-11-14/h2-12H,1H3,(H,22,23). The molecule has 5 heteroatoms. The van der Waals surface area contributed by atoms with Crippen LogP contribution in [0.15, 0.2) is 71.5 Å². The molecule has 1 N–H and O–H groups in total. The Balaban J connectivity index is 1.81. The third-order valence-corrected chi connectivity index (χ3v) is 3.78. The van der Waals surface area contributed by atoms with Gasteiger partial charge >= 0.3 is 0 Å². The number of pyridine rings is 1. The maximum absolute atomic E-state index is 12.4. The highest BCUT2D eigenvalue weighted by atomic mass is 79.9. The third kappa shape index (κ3) is 4.00. The van der Waals surface area contributed by atoms with Crippen LogP contribution in [0.3, 0.4) is 0 Å². The normalized spacial score (nSPS) is 10.2. The molecule has 120 valence electrons. The zero-order valence-electron chi connectivity index (χ0n) is 13.0. The van der Waals surface area contributed by atoms with E-state index in [0.29, 0.717) is 22.7 Å². The van der Waals surface area contributed by atoms with Crippen LogP contribution < -0.4 is 10.1 Å². The summed E-state index contributed by atoms with van der Waals surface area (Å²) in [4.78, 5) is 16.4. The fourth-order valence-corrected chi connectivity index (χ4v) is 2.49. The van der Waals surface area contributed by atoms with Crippen molar-refractivity contribution in [1.82, 2.24) is 4.98 Å². The number of amides is 1. The molecule has 2 aromatic carbocycles.